The number of hydrogen-bond donors (Lipinski definition) is 1. The number of rotatable bonds is 7. The number of thiazole rings is 1. The molecule has 0 aliphatic carbocycles. The summed E-state index contributed by atoms with van der Waals surface area (Å²) in [4.78, 5) is 29.0. The second kappa shape index (κ2) is 9.54. The lowest BCUT2D eigenvalue weighted by Gasteiger charge is -2.12. The molecule has 0 aliphatic heterocycles. The van der Waals surface area contributed by atoms with Crippen molar-refractivity contribution in [2.24, 2.45) is 0 Å². The molecule has 3 aromatic heterocycles. The largest absolute Gasteiger partial charge is 0.467 e. The van der Waals surface area contributed by atoms with Crippen LogP contribution in [0.3, 0.4) is 0 Å². The number of benzene rings is 1. The van der Waals surface area contributed by atoms with Crippen molar-refractivity contribution in [2.45, 2.75) is 20.4 Å². The third-order valence-corrected chi connectivity index (χ3v) is 6.11. The molecule has 4 rings (SSSR count). The van der Waals surface area contributed by atoms with Gasteiger partial charge in [0.05, 0.1) is 28.6 Å². The van der Waals surface area contributed by atoms with Crippen LogP contribution in [0.25, 0.3) is 16.3 Å². The Morgan fingerprint density at radius 3 is 2.82 bits per heavy atom. The molecule has 0 unspecified atom stereocenters. The Labute approximate surface area is 193 Å². The highest BCUT2D eigenvalue weighted by Gasteiger charge is 2.20. The number of amides is 1. The Morgan fingerprint density at radius 1 is 1.27 bits per heavy atom. The molecule has 166 valence electrons. The molecule has 0 atom stereocenters. The molecule has 0 fully saturated rings. The monoisotopic (exact) mass is 460 g/mol. The number of nitrogens with zero attached hydrogens (tertiary/aromatic N) is 3. The van der Waals surface area contributed by atoms with E-state index in [1.165, 1.54) is 17.4 Å². The summed E-state index contributed by atoms with van der Waals surface area (Å²) in [6.45, 7) is 3.54. The normalized spacial score (nSPS) is 11.1. The van der Waals surface area contributed by atoms with Crippen molar-refractivity contribution in [1.82, 2.24) is 9.55 Å². The minimum atomic E-state index is -0.664. The van der Waals surface area contributed by atoms with Gasteiger partial charge in [-0.2, -0.15) is 5.26 Å². The van der Waals surface area contributed by atoms with E-state index in [9.17, 15) is 14.9 Å². The van der Waals surface area contributed by atoms with Crippen molar-refractivity contribution in [3.8, 4) is 6.07 Å². The number of nitrogens with one attached hydrogen (secondary N) is 1. The fraction of sp³-hybridized carbons (Fsp3) is 0.167. The number of furan rings is 1. The zero-order valence-electron chi connectivity index (χ0n) is 18.0. The number of fused-ring (bicyclic) bond motifs is 1. The van der Waals surface area contributed by atoms with E-state index >= 15 is 0 Å². The Balaban J connectivity index is 1.40. The maximum Gasteiger partial charge on any atom is 0.331 e. The van der Waals surface area contributed by atoms with Gasteiger partial charge < -0.3 is 19.0 Å². The fourth-order valence-electron chi connectivity index (χ4n) is 3.34. The number of nitriles is 1. The predicted molar refractivity (Wildman–Crippen MR) is 125 cm³/mol. The number of esters is 1. The van der Waals surface area contributed by atoms with Crippen molar-refractivity contribution in [1.29, 1.82) is 5.26 Å². The maximum absolute atomic E-state index is 12.5. The molecule has 33 heavy (non-hydrogen) atoms. The van der Waals surface area contributed by atoms with Gasteiger partial charge in [0, 0.05) is 11.8 Å². The smallest absolute Gasteiger partial charge is 0.331 e. The quantitative estimate of drug-likeness (QED) is 0.323. The average molecular weight is 461 g/mol. The van der Waals surface area contributed by atoms with Crippen LogP contribution in [0.5, 0.6) is 0 Å². The van der Waals surface area contributed by atoms with Crippen molar-refractivity contribution >= 4 is 45.3 Å². The lowest BCUT2D eigenvalue weighted by molar-refractivity contribution is -0.142. The number of para-hydroxylation sites is 1. The van der Waals surface area contributed by atoms with Crippen LogP contribution in [-0.4, -0.2) is 28.0 Å². The van der Waals surface area contributed by atoms with Crippen molar-refractivity contribution < 1.29 is 18.7 Å². The van der Waals surface area contributed by atoms with Crippen LogP contribution in [0.2, 0.25) is 0 Å². The van der Waals surface area contributed by atoms with Gasteiger partial charge in [-0.25, -0.2) is 9.78 Å². The molecule has 1 aromatic carbocycles. The summed E-state index contributed by atoms with van der Waals surface area (Å²) in [5, 5.41) is 13.0. The minimum absolute atomic E-state index is 0.343. The third kappa shape index (κ3) is 4.86. The van der Waals surface area contributed by atoms with E-state index in [-0.39, 0.29) is 0 Å². The van der Waals surface area contributed by atoms with Crippen LogP contribution in [0.15, 0.2) is 53.2 Å². The summed E-state index contributed by atoms with van der Waals surface area (Å²) >= 11 is 1.45. The first-order valence-electron chi connectivity index (χ1n) is 10.1. The second-order valence-corrected chi connectivity index (χ2v) is 8.28. The molecular weight excluding hydrogens is 440 g/mol. The summed E-state index contributed by atoms with van der Waals surface area (Å²) in [6.07, 6.45) is 4.35. The Kier molecular flexibility index (Phi) is 6.38. The molecule has 0 bridgehead atoms. The molecule has 0 saturated carbocycles. The summed E-state index contributed by atoms with van der Waals surface area (Å²) in [5.41, 5.74) is 2.80. The molecule has 0 spiro atoms. The van der Waals surface area contributed by atoms with Crippen LogP contribution in [0.4, 0.5) is 5.82 Å². The molecular formula is C24H20N4O4S. The minimum Gasteiger partial charge on any atom is -0.467 e. The molecule has 0 saturated heterocycles. The van der Waals surface area contributed by atoms with Gasteiger partial charge in [0.2, 0.25) is 0 Å². The number of aromatic nitrogens is 2. The summed E-state index contributed by atoms with van der Waals surface area (Å²) in [5.74, 6) is -0.191. The lowest BCUT2D eigenvalue weighted by atomic mass is 10.2. The van der Waals surface area contributed by atoms with Crippen LogP contribution in [-0.2, 0) is 20.9 Å². The topological polar surface area (TPSA) is 110 Å². The van der Waals surface area contributed by atoms with Gasteiger partial charge in [-0.05, 0) is 49.8 Å². The van der Waals surface area contributed by atoms with Gasteiger partial charge >= 0.3 is 5.97 Å². The molecule has 1 amide bonds. The predicted octanol–water partition coefficient (Wildman–Crippen LogP) is 4.42. The zero-order chi connectivity index (χ0) is 23.4. The van der Waals surface area contributed by atoms with E-state index in [0.717, 1.165) is 21.5 Å². The Morgan fingerprint density at radius 2 is 2.09 bits per heavy atom. The first-order valence-corrected chi connectivity index (χ1v) is 10.9. The van der Waals surface area contributed by atoms with Gasteiger partial charge in [0.25, 0.3) is 5.91 Å². The lowest BCUT2D eigenvalue weighted by Crippen LogP contribution is -2.22. The van der Waals surface area contributed by atoms with E-state index < -0.39 is 18.5 Å². The summed E-state index contributed by atoms with van der Waals surface area (Å²) in [6, 6.07) is 13.4. The Bertz CT molecular complexity index is 1360. The Hall–Kier alpha value is -4.16. The van der Waals surface area contributed by atoms with E-state index in [0.29, 0.717) is 28.7 Å². The highest BCUT2D eigenvalue weighted by Crippen LogP contribution is 2.27. The van der Waals surface area contributed by atoms with Crippen molar-refractivity contribution in [3.63, 3.8) is 0 Å². The van der Waals surface area contributed by atoms with Crippen LogP contribution in [0, 0.1) is 25.2 Å². The van der Waals surface area contributed by atoms with Crippen molar-refractivity contribution in [2.75, 3.05) is 11.9 Å². The van der Waals surface area contributed by atoms with Crippen LogP contribution in [0.1, 0.15) is 27.6 Å². The zero-order valence-corrected chi connectivity index (χ0v) is 18.8. The molecule has 9 heteroatoms. The molecule has 3 heterocycles. The van der Waals surface area contributed by atoms with Crippen LogP contribution < -0.4 is 5.32 Å². The highest BCUT2D eigenvalue weighted by molar-refractivity contribution is 7.19. The fourth-order valence-corrected chi connectivity index (χ4v) is 4.21. The summed E-state index contributed by atoms with van der Waals surface area (Å²) in [7, 11) is 0. The van der Waals surface area contributed by atoms with E-state index in [2.05, 4.69) is 16.4 Å². The first-order chi connectivity index (χ1) is 16.0. The van der Waals surface area contributed by atoms with Crippen LogP contribution >= 0.6 is 11.3 Å². The second-order valence-electron chi connectivity index (χ2n) is 7.22. The van der Waals surface area contributed by atoms with Gasteiger partial charge in [0.1, 0.15) is 22.7 Å². The van der Waals surface area contributed by atoms with E-state index in [1.54, 1.807) is 23.0 Å². The number of anilines is 1. The van der Waals surface area contributed by atoms with Gasteiger partial charge in [-0.15, -0.1) is 11.3 Å². The molecule has 8 nitrogen and oxygen atoms in total. The number of carbonyl (C=O) groups excluding carboxylic acids is 2. The SMILES string of the molecule is Cc1c(C#N)c(NC(=O)COC(=O)/C=C/c2nc3ccccc3s2)n(Cc2ccco2)c1C. The molecule has 1 N–H and O–H groups in total. The number of carbonyl (C=O) groups is 2. The molecule has 0 aliphatic rings. The molecule has 0 radical (unpaired) electrons. The number of ether oxygens (including phenoxy) is 1. The van der Waals surface area contributed by atoms with E-state index in [4.69, 9.17) is 9.15 Å². The first kappa shape index (κ1) is 22.0. The van der Waals surface area contributed by atoms with Gasteiger partial charge in [-0.1, -0.05) is 12.1 Å². The highest BCUT2D eigenvalue weighted by atomic mass is 32.1. The van der Waals surface area contributed by atoms with Gasteiger partial charge in [-0.3, -0.25) is 4.79 Å². The van der Waals surface area contributed by atoms with Crippen molar-refractivity contribution in [3.05, 3.63) is 76.3 Å². The average Bonchev–Trinajstić information content (AvgIpc) is 3.52. The number of hydrogen-bond acceptors (Lipinski definition) is 7. The van der Waals surface area contributed by atoms with E-state index in [1.807, 2.05) is 44.2 Å². The standard InChI is InChI=1S/C24H20N4O4S/c1-15-16(2)28(13-17-6-5-11-31-17)24(18(15)12-25)27-21(29)14-32-23(30)10-9-22-26-19-7-3-4-8-20(19)33-22/h3-11H,13-14H2,1-2H3,(H,27,29)/b10-9+. The third-order valence-electron chi connectivity index (χ3n) is 5.11. The summed E-state index contributed by atoms with van der Waals surface area (Å²) < 4.78 is 13.3. The maximum atomic E-state index is 12.5. The van der Waals surface area contributed by atoms with Gasteiger partial charge in [0.15, 0.2) is 6.61 Å². The molecule has 4 aromatic rings.